The van der Waals surface area contributed by atoms with Gasteiger partial charge in [0.1, 0.15) is 12.7 Å². The molecule has 1 atom stereocenters. The Morgan fingerprint density at radius 1 is 1.14 bits per heavy atom. The van der Waals surface area contributed by atoms with Crippen molar-refractivity contribution in [1.29, 1.82) is 0 Å². The molecule has 3 aromatic rings. The number of hydrogen-bond acceptors (Lipinski definition) is 4. The number of hydrogen-bond donors (Lipinski definition) is 1. The average Bonchev–Trinajstić information content (AvgIpc) is 2.71. The average molecular weight is 378 g/mol. The highest BCUT2D eigenvalue weighted by Gasteiger charge is 2.20. The van der Waals surface area contributed by atoms with Crippen LogP contribution in [0.5, 0.6) is 11.5 Å². The normalized spacial score (nSPS) is 15.7. The van der Waals surface area contributed by atoms with Gasteiger partial charge in [-0.05, 0) is 48.6 Å². The second-order valence-electron chi connectivity index (χ2n) is 7.32. The van der Waals surface area contributed by atoms with E-state index in [1.54, 1.807) is 0 Å². The quantitative estimate of drug-likeness (QED) is 0.711. The van der Waals surface area contributed by atoms with Gasteiger partial charge < -0.3 is 19.4 Å². The van der Waals surface area contributed by atoms with Gasteiger partial charge in [0.05, 0.1) is 5.52 Å². The van der Waals surface area contributed by atoms with Gasteiger partial charge >= 0.3 is 0 Å². The number of aromatic nitrogens is 1. The molecule has 0 unspecified atom stereocenters. The van der Waals surface area contributed by atoms with Crippen LogP contribution in [0.3, 0.4) is 0 Å². The van der Waals surface area contributed by atoms with Crippen molar-refractivity contribution in [2.75, 3.05) is 13.2 Å². The van der Waals surface area contributed by atoms with E-state index in [4.69, 9.17) is 9.47 Å². The standard InChI is InChI=1S/C23H26N2O3/c1-3-10-25-20-11-16(2)8-9-17(20)12-18(23(25)26)13-24-14-19-15-27-21-6-4-5-7-22(21)28-19/h4-9,11-12,19,24H,3,10,13-15H2,1-2H3/t19-/m1/s1. The van der Waals surface area contributed by atoms with Crippen molar-refractivity contribution in [3.8, 4) is 11.5 Å². The van der Waals surface area contributed by atoms with Gasteiger partial charge in [0.25, 0.3) is 5.56 Å². The Labute approximate surface area is 164 Å². The fourth-order valence-corrected chi connectivity index (χ4v) is 3.65. The van der Waals surface area contributed by atoms with E-state index in [0.29, 0.717) is 19.7 Å². The van der Waals surface area contributed by atoms with Gasteiger partial charge in [0, 0.05) is 25.2 Å². The van der Waals surface area contributed by atoms with E-state index in [2.05, 4.69) is 37.4 Å². The van der Waals surface area contributed by atoms with Crippen LogP contribution in [0.25, 0.3) is 10.9 Å². The number of aryl methyl sites for hydroxylation is 2. The first-order chi connectivity index (χ1) is 13.7. The number of fused-ring (bicyclic) bond motifs is 2. The summed E-state index contributed by atoms with van der Waals surface area (Å²) in [6, 6.07) is 16.0. The highest BCUT2D eigenvalue weighted by Crippen LogP contribution is 2.30. The minimum absolute atomic E-state index is 0.0733. The molecular formula is C23H26N2O3. The smallest absolute Gasteiger partial charge is 0.255 e. The van der Waals surface area contributed by atoms with Crippen LogP contribution in [0.15, 0.2) is 53.3 Å². The highest BCUT2D eigenvalue weighted by atomic mass is 16.6. The van der Waals surface area contributed by atoms with Crippen LogP contribution in [0.4, 0.5) is 0 Å². The molecule has 5 nitrogen and oxygen atoms in total. The van der Waals surface area contributed by atoms with Gasteiger partial charge in [-0.3, -0.25) is 4.79 Å². The SMILES string of the molecule is CCCn1c(=O)c(CNC[C@@H]2COc3ccccc3O2)cc2ccc(C)cc21. The Hall–Kier alpha value is -2.79. The molecule has 0 amide bonds. The fraction of sp³-hybridized carbons (Fsp3) is 0.348. The minimum Gasteiger partial charge on any atom is -0.486 e. The topological polar surface area (TPSA) is 52.5 Å². The van der Waals surface area contributed by atoms with Crippen LogP contribution < -0.4 is 20.3 Å². The summed E-state index contributed by atoms with van der Waals surface area (Å²) >= 11 is 0. The van der Waals surface area contributed by atoms with E-state index in [-0.39, 0.29) is 11.7 Å². The first-order valence-electron chi connectivity index (χ1n) is 9.88. The maximum Gasteiger partial charge on any atom is 0.255 e. The maximum atomic E-state index is 13.0. The van der Waals surface area contributed by atoms with Crippen LogP contribution >= 0.6 is 0 Å². The second kappa shape index (κ2) is 8.07. The zero-order valence-corrected chi connectivity index (χ0v) is 16.4. The number of rotatable bonds is 6. The number of benzene rings is 2. The summed E-state index contributed by atoms with van der Waals surface area (Å²) in [6.07, 6.45) is 0.850. The molecule has 4 rings (SSSR count). The minimum atomic E-state index is -0.0733. The van der Waals surface area contributed by atoms with Crippen molar-refractivity contribution in [3.63, 3.8) is 0 Å². The highest BCUT2D eigenvalue weighted by molar-refractivity contribution is 5.80. The Kier molecular flexibility index (Phi) is 5.35. The molecule has 0 spiro atoms. The van der Waals surface area contributed by atoms with Crippen molar-refractivity contribution >= 4 is 10.9 Å². The largest absolute Gasteiger partial charge is 0.486 e. The van der Waals surface area contributed by atoms with Gasteiger partial charge in [-0.1, -0.05) is 31.2 Å². The lowest BCUT2D eigenvalue weighted by Gasteiger charge is -2.26. The molecule has 0 fully saturated rings. The molecule has 146 valence electrons. The van der Waals surface area contributed by atoms with Crippen molar-refractivity contribution in [3.05, 3.63) is 70.0 Å². The summed E-state index contributed by atoms with van der Waals surface area (Å²) in [4.78, 5) is 13.0. The van der Waals surface area contributed by atoms with Gasteiger partial charge in [0.15, 0.2) is 11.5 Å². The second-order valence-corrected chi connectivity index (χ2v) is 7.32. The van der Waals surface area contributed by atoms with Crippen molar-refractivity contribution in [2.24, 2.45) is 0 Å². The fourth-order valence-electron chi connectivity index (χ4n) is 3.65. The Morgan fingerprint density at radius 2 is 1.96 bits per heavy atom. The Bertz CT molecular complexity index is 1040. The summed E-state index contributed by atoms with van der Waals surface area (Å²) in [6.45, 7) is 6.50. The third-order valence-electron chi connectivity index (χ3n) is 5.03. The van der Waals surface area contributed by atoms with Crippen molar-refractivity contribution in [1.82, 2.24) is 9.88 Å². The summed E-state index contributed by atoms with van der Waals surface area (Å²) in [7, 11) is 0. The molecule has 2 aromatic carbocycles. The molecule has 0 aliphatic carbocycles. The monoisotopic (exact) mass is 378 g/mol. The third kappa shape index (κ3) is 3.76. The zero-order valence-electron chi connectivity index (χ0n) is 16.4. The maximum absolute atomic E-state index is 13.0. The van der Waals surface area contributed by atoms with Gasteiger partial charge in [-0.25, -0.2) is 0 Å². The van der Waals surface area contributed by atoms with Crippen molar-refractivity contribution in [2.45, 2.75) is 39.5 Å². The lowest BCUT2D eigenvalue weighted by Crippen LogP contribution is -2.39. The van der Waals surface area contributed by atoms with Gasteiger partial charge in [-0.15, -0.1) is 0 Å². The molecule has 0 saturated carbocycles. The molecule has 5 heteroatoms. The predicted molar refractivity (Wildman–Crippen MR) is 111 cm³/mol. The predicted octanol–water partition coefficient (Wildman–Crippen LogP) is 3.65. The lowest BCUT2D eigenvalue weighted by molar-refractivity contribution is 0.0902. The molecule has 28 heavy (non-hydrogen) atoms. The summed E-state index contributed by atoms with van der Waals surface area (Å²) in [5, 5.41) is 4.47. The molecule has 1 aromatic heterocycles. The molecule has 0 bridgehead atoms. The van der Waals surface area contributed by atoms with Crippen LogP contribution in [0.1, 0.15) is 24.5 Å². The van der Waals surface area contributed by atoms with Crippen molar-refractivity contribution < 1.29 is 9.47 Å². The van der Waals surface area contributed by atoms with Crippen LogP contribution in [0.2, 0.25) is 0 Å². The lowest BCUT2D eigenvalue weighted by atomic mass is 10.1. The Balaban J connectivity index is 1.48. The van der Waals surface area contributed by atoms with Gasteiger partial charge in [0.2, 0.25) is 0 Å². The molecule has 1 aliphatic rings. The third-order valence-corrected chi connectivity index (χ3v) is 5.03. The summed E-state index contributed by atoms with van der Waals surface area (Å²) in [5.41, 5.74) is 3.04. The molecule has 1 aliphatic heterocycles. The molecule has 0 radical (unpaired) electrons. The summed E-state index contributed by atoms with van der Waals surface area (Å²) < 4.78 is 13.6. The van der Waals surface area contributed by atoms with E-state index in [1.165, 1.54) is 0 Å². The first kappa shape index (κ1) is 18.6. The molecule has 0 saturated heterocycles. The number of para-hydroxylation sites is 2. The summed E-state index contributed by atoms with van der Waals surface area (Å²) in [5.74, 6) is 1.55. The molecular weight excluding hydrogens is 352 g/mol. The van der Waals surface area contributed by atoms with E-state index >= 15 is 0 Å². The van der Waals surface area contributed by atoms with E-state index in [1.807, 2.05) is 34.9 Å². The van der Waals surface area contributed by atoms with E-state index in [9.17, 15) is 4.79 Å². The Morgan fingerprint density at radius 3 is 2.79 bits per heavy atom. The van der Waals surface area contributed by atoms with Crippen LogP contribution in [-0.4, -0.2) is 23.8 Å². The number of nitrogens with zero attached hydrogens (tertiary/aromatic N) is 1. The van der Waals surface area contributed by atoms with E-state index < -0.39 is 0 Å². The number of pyridine rings is 1. The number of ether oxygens (including phenoxy) is 2. The molecule has 1 N–H and O–H groups in total. The molecule has 2 heterocycles. The zero-order chi connectivity index (χ0) is 19.5. The van der Waals surface area contributed by atoms with E-state index in [0.717, 1.165) is 46.5 Å². The van der Waals surface area contributed by atoms with Crippen LogP contribution in [0, 0.1) is 6.92 Å². The first-order valence-corrected chi connectivity index (χ1v) is 9.88. The van der Waals surface area contributed by atoms with Crippen LogP contribution in [-0.2, 0) is 13.1 Å². The number of nitrogens with one attached hydrogen (secondary N) is 1. The van der Waals surface area contributed by atoms with Gasteiger partial charge in [-0.2, -0.15) is 0 Å².